The maximum atomic E-state index is 14.2. The van der Waals surface area contributed by atoms with E-state index in [0.29, 0.717) is 0 Å². The predicted octanol–water partition coefficient (Wildman–Crippen LogP) is 2.75. The molecule has 0 unspecified atom stereocenters. The minimum absolute atomic E-state index is 0.000869. The van der Waals surface area contributed by atoms with Crippen molar-refractivity contribution >= 4 is 5.97 Å². The Balaban J connectivity index is 2.52. The lowest BCUT2D eigenvalue weighted by Gasteiger charge is -2.19. The van der Waals surface area contributed by atoms with Crippen molar-refractivity contribution in [2.75, 3.05) is 0 Å². The zero-order chi connectivity index (χ0) is 18.9. The van der Waals surface area contributed by atoms with Gasteiger partial charge < -0.3 is 19.5 Å². The quantitative estimate of drug-likeness (QED) is 0.799. The number of halogens is 4. The fourth-order valence-corrected chi connectivity index (χ4v) is 2.05. The molecule has 1 heterocycles. The molecule has 0 radical (unpaired) electrons. The molecule has 0 saturated carbocycles. The van der Waals surface area contributed by atoms with E-state index in [2.05, 4.69) is 4.98 Å². The van der Waals surface area contributed by atoms with E-state index in [9.17, 15) is 22.4 Å². The Morgan fingerprint density at radius 3 is 2.52 bits per heavy atom. The molecular formula is C15H14F4N2O4. The Kier molecular flexibility index (Phi) is 5.02. The van der Waals surface area contributed by atoms with Crippen LogP contribution in [0.25, 0.3) is 11.3 Å². The van der Waals surface area contributed by atoms with Crippen LogP contribution in [0.4, 0.5) is 17.6 Å². The van der Waals surface area contributed by atoms with Crippen LogP contribution in [-0.4, -0.2) is 38.0 Å². The third-order valence-corrected chi connectivity index (χ3v) is 3.51. The van der Waals surface area contributed by atoms with E-state index in [-0.39, 0.29) is 17.1 Å². The summed E-state index contributed by atoms with van der Waals surface area (Å²) in [6.07, 6.45) is -6.96. The number of nitrogens with zero attached hydrogens (tertiary/aromatic N) is 2. The first-order chi connectivity index (χ1) is 11.6. The van der Waals surface area contributed by atoms with Crippen molar-refractivity contribution < 1.29 is 37.3 Å². The monoisotopic (exact) mass is 362 g/mol. The molecule has 0 fully saturated rings. The number of aliphatic hydroxyl groups excluding tert-OH is 1. The minimum atomic E-state index is -4.70. The summed E-state index contributed by atoms with van der Waals surface area (Å²) in [7, 11) is 1.31. The zero-order valence-electron chi connectivity index (χ0n) is 13.1. The lowest BCUT2D eigenvalue weighted by molar-refractivity contribution is -0.189. The molecule has 0 bridgehead atoms. The van der Waals surface area contributed by atoms with Gasteiger partial charge in [-0.05, 0) is 19.1 Å². The SMILES string of the molecule is C[C@H](Oc1cc(-c2nc(CO)n(C)c2F)ccc1C(=O)O)C(F)(F)F. The maximum Gasteiger partial charge on any atom is 0.425 e. The molecular weight excluding hydrogens is 348 g/mol. The summed E-state index contributed by atoms with van der Waals surface area (Å²) < 4.78 is 57.9. The molecule has 0 saturated heterocycles. The molecule has 0 aliphatic heterocycles. The van der Waals surface area contributed by atoms with Gasteiger partial charge in [0.1, 0.15) is 29.4 Å². The first-order valence-electron chi connectivity index (χ1n) is 6.99. The summed E-state index contributed by atoms with van der Waals surface area (Å²) in [6, 6.07) is 3.17. The molecule has 2 aromatic rings. The van der Waals surface area contributed by atoms with E-state index in [1.165, 1.54) is 13.1 Å². The number of rotatable bonds is 5. The van der Waals surface area contributed by atoms with Crippen LogP contribution in [0.2, 0.25) is 0 Å². The Morgan fingerprint density at radius 2 is 2.04 bits per heavy atom. The summed E-state index contributed by atoms with van der Waals surface area (Å²) >= 11 is 0. The number of alkyl halides is 3. The molecule has 25 heavy (non-hydrogen) atoms. The Morgan fingerprint density at radius 1 is 1.40 bits per heavy atom. The number of carbonyl (C=O) groups is 1. The lowest BCUT2D eigenvalue weighted by atomic mass is 10.1. The fourth-order valence-electron chi connectivity index (χ4n) is 2.05. The number of aromatic nitrogens is 2. The summed E-state index contributed by atoms with van der Waals surface area (Å²) in [4.78, 5) is 15.0. The molecule has 1 aromatic carbocycles. The second-order valence-electron chi connectivity index (χ2n) is 5.20. The van der Waals surface area contributed by atoms with Gasteiger partial charge in [0.25, 0.3) is 0 Å². The fraction of sp³-hybridized carbons (Fsp3) is 0.333. The average Bonchev–Trinajstić information content (AvgIpc) is 2.81. The number of aromatic carboxylic acids is 1. The summed E-state index contributed by atoms with van der Waals surface area (Å²) in [5, 5.41) is 18.2. The topological polar surface area (TPSA) is 84.6 Å². The molecule has 2 N–H and O–H groups in total. The van der Waals surface area contributed by atoms with Crippen molar-refractivity contribution in [1.29, 1.82) is 0 Å². The number of benzene rings is 1. The van der Waals surface area contributed by atoms with E-state index >= 15 is 0 Å². The van der Waals surface area contributed by atoms with Gasteiger partial charge in [-0.15, -0.1) is 0 Å². The second-order valence-corrected chi connectivity index (χ2v) is 5.20. The number of ether oxygens (including phenoxy) is 1. The second kappa shape index (κ2) is 6.71. The highest BCUT2D eigenvalue weighted by Crippen LogP contribution is 2.32. The van der Waals surface area contributed by atoms with E-state index in [1.807, 2.05) is 0 Å². The van der Waals surface area contributed by atoms with Crippen LogP contribution in [-0.2, 0) is 13.7 Å². The standard InChI is InChI=1S/C15H14F4N2O4/c1-7(15(17,18)19)25-10-5-8(3-4-9(10)14(23)24)12-13(16)21(2)11(6-22)20-12/h3-5,7,22H,6H2,1-2H3,(H,23,24)/t7-/m0/s1. The molecule has 1 aromatic heterocycles. The zero-order valence-corrected chi connectivity index (χ0v) is 13.1. The van der Waals surface area contributed by atoms with Crippen molar-refractivity contribution in [3.8, 4) is 17.0 Å². The van der Waals surface area contributed by atoms with Crippen molar-refractivity contribution in [2.45, 2.75) is 25.8 Å². The van der Waals surface area contributed by atoms with E-state index in [4.69, 9.17) is 14.9 Å². The van der Waals surface area contributed by atoms with Crippen LogP contribution < -0.4 is 4.74 Å². The van der Waals surface area contributed by atoms with Crippen LogP contribution in [0.5, 0.6) is 5.75 Å². The Bertz CT molecular complexity index is 802. The first kappa shape index (κ1) is 18.7. The lowest BCUT2D eigenvalue weighted by Crippen LogP contribution is -2.31. The summed E-state index contributed by atoms with van der Waals surface area (Å²) in [5.41, 5.74) is -0.728. The highest BCUT2D eigenvalue weighted by Gasteiger charge is 2.38. The number of carboxylic acid groups (broad SMARTS) is 1. The molecule has 1 atom stereocenters. The van der Waals surface area contributed by atoms with Crippen LogP contribution in [0, 0.1) is 5.95 Å². The summed E-state index contributed by atoms with van der Waals surface area (Å²) in [5.74, 6) is -2.89. The number of imidazole rings is 1. The largest absolute Gasteiger partial charge is 0.480 e. The molecule has 0 spiro atoms. The maximum absolute atomic E-state index is 14.2. The van der Waals surface area contributed by atoms with Gasteiger partial charge in [0.2, 0.25) is 5.95 Å². The van der Waals surface area contributed by atoms with Gasteiger partial charge >= 0.3 is 12.1 Å². The van der Waals surface area contributed by atoms with Gasteiger partial charge in [-0.2, -0.15) is 17.6 Å². The number of hydrogen-bond acceptors (Lipinski definition) is 4. The average molecular weight is 362 g/mol. The normalized spacial score (nSPS) is 12.9. The van der Waals surface area contributed by atoms with Gasteiger partial charge in [-0.3, -0.25) is 0 Å². The summed E-state index contributed by atoms with van der Waals surface area (Å²) in [6.45, 7) is 0.179. The molecule has 0 aliphatic rings. The van der Waals surface area contributed by atoms with E-state index in [1.54, 1.807) is 0 Å². The van der Waals surface area contributed by atoms with Gasteiger partial charge in [0.05, 0.1) is 0 Å². The molecule has 0 amide bonds. The van der Waals surface area contributed by atoms with Gasteiger partial charge in [0, 0.05) is 12.6 Å². The number of aliphatic hydroxyl groups is 1. The molecule has 10 heteroatoms. The van der Waals surface area contributed by atoms with E-state index in [0.717, 1.165) is 23.6 Å². The molecule has 0 aliphatic carbocycles. The van der Waals surface area contributed by atoms with Gasteiger partial charge in [-0.1, -0.05) is 6.07 Å². The molecule has 6 nitrogen and oxygen atoms in total. The Hall–Kier alpha value is -2.62. The van der Waals surface area contributed by atoms with Crippen molar-refractivity contribution in [3.05, 3.63) is 35.5 Å². The molecule has 2 rings (SSSR count). The number of hydrogen-bond donors (Lipinski definition) is 2. The van der Waals surface area contributed by atoms with Crippen molar-refractivity contribution in [2.24, 2.45) is 7.05 Å². The van der Waals surface area contributed by atoms with Crippen molar-refractivity contribution in [3.63, 3.8) is 0 Å². The number of carboxylic acids is 1. The van der Waals surface area contributed by atoms with Gasteiger partial charge in [-0.25, -0.2) is 9.78 Å². The van der Waals surface area contributed by atoms with Crippen LogP contribution in [0.15, 0.2) is 18.2 Å². The molecule has 136 valence electrons. The smallest absolute Gasteiger partial charge is 0.425 e. The van der Waals surface area contributed by atoms with Crippen LogP contribution in [0.1, 0.15) is 23.1 Å². The van der Waals surface area contributed by atoms with Crippen LogP contribution in [0.3, 0.4) is 0 Å². The van der Waals surface area contributed by atoms with Gasteiger partial charge in [0.15, 0.2) is 6.10 Å². The highest BCUT2D eigenvalue weighted by molar-refractivity contribution is 5.91. The third kappa shape index (κ3) is 3.73. The first-order valence-corrected chi connectivity index (χ1v) is 6.99. The van der Waals surface area contributed by atoms with Crippen LogP contribution >= 0.6 is 0 Å². The Labute approximate surface area is 139 Å². The highest BCUT2D eigenvalue weighted by atomic mass is 19.4. The minimum Gasteiger partial charge on any atom is -0.480 e. The predicted molar refractivity (Wildman–Crippen MR) is 77.6 cm³/mol. The van der Waals surface area contributed by atoms with Crippen molar-refractivity contribution in [1.82, 2.24) is 9.55 Å². The third-order valence-electron chi connectivity index (χ3n) is 3.51. The van der Waals surface area contributed by atoms with E-state index < -0.39 is 42.1 Å².